The van der Waals surface area contributed by atoms with E-state index in [1.54, 1.807) is 22.8 Å². The van der Waals surface area contributed by atoms with Crippen LogP contribution in [0.3, 0.4) is 0 Å². The van der Waals surface area contributed by atoms with Crippen LogP contribution >= 0.6 is 0 Å². The monoisotopic (exact) mass is 387 g/mol. The summed E-state index contributed by atoms with van der Waals surface area (Å²) in [5, 5.41) is 19.4. The molecule has 2 N–H and O–H groups in total. The lowest BCUT2D eigenvalue weighted by Crippen LogP contribution is -2.09. The molecule has 28 heavy (non-hydrogen) atoms. The fraction of sp³-hybridized carbons (Fsp3) is 0.100. The van der Waals surface area contributed by atoms with Crippen molar-refractivity contribution in [1.29, 1.82) is 0 Å². The van der Waals surface area contributed by atoms with Crippen molar-refractivity contribution in [3.63, 3.8) is 0 Å². The molecule has 0 bridgehead atoms. The van der Waals surface area contributed by atoms with E-state index in [9.17, 15) is 23.5 Å². The topological polar surface area (TPSA) is 88.8 Å². The number of carbonyl (C=O) groups excluding carboxylic acids is 1. The number of methoxy groups -OCH3 is 1. The van der Waals surface area contributed by atoms with Gasteiger partial charge < -0.3 is 19.5 Å². The van der Waals surface area contributed by atoms with Gasteiger partial charge in [0.1, 0.15) is 11.5 Å². The minimum Gasteiger partial charge on any atom is -0.507 e. The van der Waals surface area contributed by atoms with Gasteiger partial charge in [-0.25, -0.2) is 13.6 Å². The summed E-state index contributed by atoms with van der Waals surface area (Å²) < 4.78 is 34.4. The van der Waals surface area contributed by atoms with Crippen molar-refractivity contribution in [2.45, 2.75) is 6.54 Å². The zero-order valence-corrected chi connectivity index (χ0v) is 14.6. The molecule has 6 nitrogen and oxygen atoms in total. The minimum atomic E-state index is -1.72. The number of rotatable bonds is 6. The molecule has 144 valence electrons. The molecule has 1 aromatic heterocycles. The SMILES string of the molecule is COc1cccc2c1c(/C(O)=C\C(=O)C(=O)O)cn2Cc1cccc(F)c1F. The number of aliphatic carboxylic acids is 1. The summed E-state index contributed by atoms with van der Waals surface area (Å²) in [6, 6.07) is 8.77. The number of ether oxygens (including phenoxy) is 1. The van der Waals surface area contributed by atoms with E-state index >= 15 is 0 Å². The van der Waals surface area contributed by atoms with Crippen LogP contribution in [0, 0.1) is 11.6 Å². The maximum absolute atomic E-state index is 14.1. The Morgan fingerprint density at radius 1 is 1.14 bits per heavy atom. The molecule has 0 unspecified atom stereocenters. The van der Waals surface area contributed by atoms with Gasteiger partial charge in [-0.15, -0.1) is 0 Å². The van der Waals surface area contributed by atoms with Crippen LogP contribution in [0.25, 0.3) is 16.7 Å². The molecule has 0 fully saturated rings. The van der Waals surface area contributed by atoms with Gasteiger partial charge >= 0.3 is 5.97 Å². The van der Waals surface area contributed by atoms with E-state index in [1.165, 1.54) is 25.4 Å². The largest absolute Gasteiger partial charge is 0.507 e. The second-order valence-corrected chi connectivity index (χ2v) is 5.94. The summed E-state index contributed by atoms with van der Waals surface area (Å²) >= 11 is 0. The standard InChI is InChI=1S/C20H15F2NO5/c1-28-17-7-3-6-14-18(17)12(15(24)8-16(25)20(26)27)10-23(14)9-11-4-2-5-13(21)19(11)22/h2-8,10,24H,9H2,1H3,(H,26,27)/b15-8+. The molecule has 0 atom stereocenters. The number of carbonyl (C=O) groups is 2. The first kappa shape index (κ1) is 19.1. The first-order chi connectivity index (χ1) is 13.3. The van der Waals surface area contributed by atoms with E-state index in [4.69, 9.17) is 9.84 Å². The molecule has 0 radical (unpaired) electrons. The Morgan fingerprint density at radius 2 is 1.86 bits per heavy atom. The van der Waals surface area contributed by atoms with Crippen LogP contribution in [0.5, 0.6) is 5.75 Å². The molecule has 8 heteroatoms. The Bertz CT molecular complexity index is 1120. The summed E-state index contributed by atoms with van der Waals surface area (Å²) in [5.74, 6) is -5.22. The molecule has 0 aliphatic rings. The number of fused-ring (bicyclic) bond motifs is 1. The van der Waals surface area contributed by atoms with Crippen molar-refractivity contribution < 1.29 is 33.3 Å². The van der Waals surface area contributed by atoms with Crippen molar-refractivity contribution in [2.24, 2.45) is 0 Å². The molecule has 3 aromatic rings. The molecule has 0 saturated carbocycles. The van der Waals surface area contributed by atoms with Gasteiger partial charge in [0, 0.05) is 23.4 Å². The molecule has 3 rings (SSSR count). The molecule has 0 amide bonds. The second kappa shape index (κ2) is 7.51. The lowest BCUT2D eigenvalue weighted by Gasteiger charge is -2.08. The molecule has 1 heterocycles. The lowest BCUT2D eigenvalue weighted by molar-refractivity contribution is -0.146. The normalized spacial score (nSPS) is 11.6. The highest BCUT2D eigenvalue weighted by atomic mass is 19.2. The molecule has 0 aliphatic carbocycles. The molecule has 0 aliphatic heterocycles. The Balaban J connectivity index is 2.19. The number of hydrogen-bond donors (Lipinski definition) is 2. The highest BCUT2D eigenvalue weighted by molar-refractivity contribution is 6.38. The number of benzene rings is 2. The van der Waals surface area contributed by atoms with Gasteiger partial charge in [-0.3, -0.25) is 4.79 Å². The summed E-state index contributed by atoms with van der Waals surface area (Å²) in [6.45, 7) is -0.0621. The quantitative estimate of drug-likeness (QED) is 0.384. The first-order valence-corrected chi connectivity index (χ1v) is 8.10. The molecular formula is C20H15F2NO5. The summed E-state index contributed by atoms with van der Waals surface area (Å²) in [4.78, 5) is 22.2. The van der Waals surface area contributed by atoms with Gasteiger partial charge in [-0.1, -0.05) is 18.2 Å². The van der Waals surface area contributed by atoms with Gasteiger partial charge in [0.15, 0.2) is 11.6 Å². The zero-order chi connectivity index (χ0) is 20.4. The van der Waals surface area contributed by atoms with E-state index in [0.29, 0.717) is 22.7 Å². The van der Waals surface area contributed by atoms with E-state index in [-0.39, 0.29) is 17.7 Å². The lowest BCUT2D eigenvalue weighted by atomic mass is 10.1. The number of carboxylic acid groups (broad SMARTS) is 1. The summed E-state index contributed by atoms with van der Waals surface area (Å²) in [7, 11) is 1.41. The second-order valence-electron chi connectivity index (χ2n) is 5.94. The Kier molecular flexibility index (Phi) is 5.12. The maximum atomic E-state index is 14.1. The minimum absolute atomic E-state index is 0.0621. The molecular weight excluding hydrogens is 372 g/mol. The number of carboxylic acids is 1. The highest BCUT2D eigenvalue weighted by Gasteiger charge is 2.19. The highest BCUT2D eigenvalue weighted by Crippen LogP contribution is 2.34. The van der Waals surface area contributed by atoms with Gasteiger partial charge in [-0.2, -0.15) is 0 Å². The van der Waals surface area contributed by atoms with Crippen LogP contribution in [0.4, 0.5) is 8.78 Å². The third kappa shape index (κ3) is 3.44. The number of aromatic nitrogens is 1. The Labute approximate surface area is 157 Å². The predicted molar refractivity (Wildman–Crippen MR) is 97.2 cm³/mol. The van der Waals surface area contributed by atoms with Crippen LogP contribution < -0.4 is 4.74 Å². The maximum Gasteiger partial charge on any atom is 0.376 e. The number of aliphatic hydroxyl groups excluding tert-OH is 1. The van der Waals surface area contributed by atoms with Crippen LogP contribution in [-0.2, 0) is 16.1 Å². The number of ketones is 1. The number of aliphatic hydroxyl groups is 1. The van der Waals surface area contributed by atoms with Gasteiger partial charge in [0.2, 0.25) is 0 Å². The van der Waals surface area contributed by atoms with Crippen molar-refractivity contribution in [3.05, 3.63) is 71.4 Å². The summed E-state index contributed by atoms with van der Waals surface area (Å²) in [6.07, 6.45) is 2.00. The predicted octanol–water partition coefficient (Wildman–Crippen LogP) is 3.53. The Morgan fingerprint density at radius 3 is 2.54 bits per heavy atom. The third-order valence-electron chi connectivity index (χ3n) is 4.21. The number of nitrogens with zero attached hydrogens (tertiary/aromatic N) is 1. The first-order valence-electron chi connectivity index (χ1n) is 8.10. The fourth-order valence-corrected chi connectivity index (χ4v) is 2.93. The van der Waals surface area contributed by atoms with E-state index in [1.807, 2.05) is 0 Å². The Hall–Kier alpha value is -3.68. The van der Waals surface area contributed by atoms with Crippen LogP contribution in [0.2, 0.25) is 0 Å². The van der Waals surface area contributed by atoms with Crippen molar-refractivity contribution in [1.82, 2.24) is 4.57 Å². The molecule has 0 saturated heterocycles. The van der Waals surface area contributed by atoms with E-state index < -0.39 is 29.1 Å². The number of hydrogen-bond acceptors (Lipinski definition) is 4. The summed E-state index contributed by atoms with van der Waals surface area (Å²) in [5.41, 5.74) is 0.718. The molecule has 2 aromatic carbocycles. The fourth-order valence-electron chi connectivity index (χ4n) is 2.93. The van der Waals surface area contributed by atoms with Gasteiger partial charge in [0.05, 0.1) is 24.6 Å². The smallest absolute Gasteiger partial charge is 0.376 e. The van der Waals surface area contributed by atoms with Crippen molar-refractivity contribution in [2.75, 3.05) is 7.11 Å². The third-order valence-corrected chi connectivity index (χ3v) is 4.21. The number of halogens is 2. The van der Waals surface area contributed by atoms with Crippen LogP contribution in [0.15, 0.2) is 48.7 Å². The van der Waals surface area contributed by atoms with Gasteiger partial charge in [-0.05, 0) is 18.2 Å². The van der Waals surface area contributed by atoms with E-state index in [0.717, 1.165) is 6.07 Å². The van der Waals surface area contributed by atoms with Crippen molar-refractivity contribution in [3.8, 4) is 5.75 Å². The average molecular weight is 387 g/mol. The van der Waals surface area contributed by atoms with Crippen LogP contribution in [0.1, 0.15) is 11.1 Å². The zero-order valence-electron chi connectivity index (χ0n) is 14.6. The average Bonchev–Trinajstić information content (AvgIpc) is 3.04. The van der Waals surface area contributed by atoms with Crippen LogP contribution in [-0.4, -0.2) is 33.6 Å². The molecule has 0 spiro atoms. The van der Waals surface area contributed by atoms with Crippen molar-refractivity contribution >= 4 is 28.4 Å². The van der Waals surface area contributed by atoms with E-state index in [2.05, 4.69) is 0 Å². The van der Waals surface area contributed by atoms with Gasteiger partial charge in [0.25, 0.3) is 5.78 Å².